The van der Waals surface area contributed by atoms with E-state index < -0.39 is 0 Å². The van der Waals surface area contributed by atoms with Gasteiger partial charge < -0.3 is 4.52 Å². The molecule has 0 aliphatic rings. The summed E-state index contributed by atoms with van der Waals surface area (Å²) in [6.45, 7) is 3.72. The molecular formula is C14H15FN2O2. The molecule has 2 aromatic rings. The molecule has 0 unspecified atom stereocenters. The maximum absolute atomic E-state index is 13.0. The van der Waals surface area contributed by atoms with E-state index >= 15 is 0 Å². The van der Waals surface area contributed by atoms with E-state index in [9.17, 15) is 9.18 Å². The maximum Gasteiger partial charge on any atom is 0.234 e. The minimum Gasteiger partial charge on any atom is -0.339 e. The maximum atomic E-state index is 13.0. The van der Waals surface area contributed by atoms with Crippen LogP contribution in [0.3, 0.4) is 0 Å². The fourth-order valence-electron chi connectivity index (χ4n) is 1.85. The molecule has 0 spiro atoms. The van der Waals surface area contributed by atoms with Gasteiger partial charge in [0.15, 0.2) is 0 Å². The highest BCUT2D eigenvalue weighted by Gasteiger charge is 2.13. The van der Waals surface area contributed by atoms with Gasteiger partial charge in [-0.1, -0.05) is 12.1 Å². The van der Waals surface area contributed by atoms with Crippen LogP contribution in [0.4, 0.5) is 4.39 Å². The highest BCUT2D eigenvalue weighted by molar-refractivity contribution is 5.79. The summed E-state index contributed by atoms with van der Waals surface area (Å²) >= 11 is 0. The van der Waals surface area contributed by atoms with Crippen molar-refractivity contribution in [3.63, 3.8) is 0 Å². The second kappa shape index (κ2) is 5.73. The average Bonchev–Trinajstić information content (AvgIpc) is 2.77. The first-order valence-corrected chi connectivity index (χ1v) is 6.21. The smallest absolute Gasteiger partial charge is 0.234 e. The Morgan fingerprint density at radius 1 is 1.42 bits per heavy atom. The Balaban J connectivity index is 2.18. The summed E-state index contributed by atoms with van der Waals surface area (Å²) in [6, 6.07) is 4.36. The fraction of sp³-hybridized carbons (Fsp3) is 0.357. The third-order valence-electron chi connectivity index (χ3n) is 2.77. The molecule has 0 radical (unpaired) electrons. The molecule has 0 amide bonds. The largest absolute Gasteiger partial charge is 0.339 e. The van der Waals surface area contributed by atoms with Crippen molar-refractivity contribution >= 4 is 5.78 Å². The highest BCUT2D eigenvalue weighted by Crippen LogP contribution is 2.21. The molecule has 0 aliphatic carbocycles. The van der Waals surface area contributed by atoms with Crippen molar-refractivity contribution in [2.24, 2.45) is 0 Å². The van der Waals surface area contributed by atoms with Crippen molar-refractivity contribution in [2.45, 2.75) is 33.1 Å². The topological polar surface area (TPSA) is 56.0 Å². The van der Waals surface area contributed by atoms with Gasteiger partial charge in [0.05, 0.1) is 6.42 Å². The molecule has 1 aromatic heterocycles. The quantitative estimate of drug-likeness (QED) is 0.830. The van der Waals surface area contributed by atoms with Crippen LogP contribution < -0.4 is 0 Å². The molecule has 19 heavy (non-hydrogen) atoms. The minimum atomic E-state index is -0.303. The van der Waals surface area contributed by atoms with E-state index in [-0.39, 0.29) is 18.0 Å². The lowest BCUT2D eigenvalue weighted by atomic mass is 10.1. The SMILES string of the molecule is CCCC(=O)Cc1nc(-c2ccc(F)cc2C)no1. The first-order valence-electron chi connectivity index (χ1n) is 6.21. The first kappa shape index (κ1) is 13.4. The molecule has 0 saturated carbocycles. The van der Waals surface area contributed by atoms with Crippen LogP contribution in [0, 0.1) is 12.7 Å². The number of carbonyl (C=O) groups is 1. The van der Waals surface area contributed by atoms with Gasteiger partial charge in [0.1, 0.15) is 11.6 Å². The van der Waals surface area contributed by atoms with Crippen LogP contribution in [0.2, 0.25) is 0 Å². The average molecular weight is 262 g/mol. The lowest BCUT2D eigenvalue weighted by Gasteiger charge is -1.99. The summed E-state index contributed by atoms with van der Waals surface area (Å²) in [7, 11) is 0. The van der Waals surface area contributed by atoms with Gasteiger partial charge in [-0.2, -0.15) is 4.98 Å². The molecule has 2 rings (SSSR count). The molecule has 5 heteroatoms. The second-order valence-electron chi connectivity index (χ2n) is 4.44. The summed E-state index contributed by atoms with van der Waals surface area (Å²) in [5.41, 5.74) is 1.44. The first-order chi connectivity index (χ1) is 9.10. The van der Waals surface area contributed by atoms with Crippen LogP contribution in [-0.2, 0) is 11.2 Å². The van der Waals surface area contributed by atoms with Crippen LogP contribution in [0.15, 0.2) is 22.7 Å². The van der Waals surface area contributed by atoms with Gasteiger partial charge in [0.25, 0.3) is 0 Å². The van der Waals surface area contributed by atoms with Gasteiger partial charge in [0, 0.05) is 12.0 Å². The van der Waals surface area contributed by atoms with E-state index in [0.29, 0.717) is 23.7 Å². The van der Waals surface area contributed by atoms with E-state index in [1.165, 1.54) is 12.1 Å². The molecule has 0 aliphatic heterocycles. The van der Waals surface area contributed by atoms with Crippen molar-refractivity contribution in [1.82, 2.24) is 10.1 Å². The Morgan fingerprint density at radius 3 is 2.89 bits per heavy atom. The lowest BCUT2D eigenvalue weighted by Crippen LogP contribution is -2.01. The second-order valence-corrected chi connectivity index (χ2v) is 4.44. The zero-order chi connectivity index (χ0) is 13.8. The Bertz CT molecular complexity index is 593. The van der Waals surface area contributed by atoms with E-state index in [2.05, 4.69) is 10.1 Å². The molecule has 0 fully saturated rings. The minimum absolute atomic E-state index is 0.0773. The Kier molecular flexibility index (Phi) is 4.04. The molecular weight excluding hydrogens is 247 g/mol. The number of ketones is 1. The number of rotatable bonds is 5. The van der Waals surface area contributed by atoms with Crippen LogP contribution >= 0.6 is 0 Å². The van der Waals surface area contributed by atoms with Gasteiger partial charge in [0.2, 0.25) is 11.7 Å². The highest BCUT2D eigenvalue weighted by atomic mass is 19.1. The van der Waals surface area contributed by atoms with Crippen LogP contribution in [-0.4, -0.2) is 15.9 Å². The Hall–Kier alpha value is -2.04. The van der Waals surface area contributed by atoms with E-state index in [4.69, 9.17) is 4.52 Å². The Labute approximate surface area is 110 Å². The van der Waals surface area contributed by atoms with E-state index in [1.54, 1.807) is 13.0 Å². The molecule has 0 N–H and O–H groups in total. The number of hydrogen-bond acceptors (Lipinski definition) is 4. The number of hydrogen-bond donors (Lipinski definition) is 0. The molecule has 0 bridgehead atoms. The molecule has 100 valence electrons. The zero-order valence-electron chi connectivity index (χ0n) is 10.9. The van der Waals surface area contributed by atoms with Gasteiger partial charge in [-0.15, -0.1) is 0 Å². The standard InChI is InChI=1S/C14H15FN2O2/c1-3-4-11(18)8-13-16-14(17-19-13)12-6-5-10(15)7-9(12)2/h5-7H,3-4,8H2,1-2H3. The van der Waals surface area contributed by atoms with Crippen molar-refractivity contribution < 1.29 is 13.7 Å². The number of halogens is 1. The molecule has 1 aromatic carbocycles. The normalized spacial score (nSPS) is 10.7. The Morgan fingerprint density at radius 2 is 2.21 bits per heavy atom. The summed E-state index contributed by atoms with van der Waals surface area (Å²) in [4.78, 5) is 15.7. The number of benzene rings is 1. The van der Waals surface area contributed by atoms with Gasteiger partial charge in [-0.05, 0) is 37.1 Å². The fourth-order valence-corrected chi connectivity index (χ4v) is 1.85. The predicted octanol–water partition coefficient (Wildman–Crippen LogP) is 3.10. The summed E-state index contributed by atoms with van der Waals surface area (Å²) in [6.07, 6.45) is 1.46. The zero-order valence-corrected chi connectivity index (χ0v) is 10.9. The van der Waals surface area contributed by atoms with E-state index in [0.717, 1.165) is 12.0 Å². The van der Waals surface area contributed by atoms with Crippen molar-refractivity contribution in [1.29, 1.82) is 0 Å². The van der Waals surface area contributed by atoms with Gasteiger partial charge in [-0.3, -0.25) is 4.79 Å². The molecule has 0 saturated heterocycles. The summed E-state index contributed by atoms with van der Waals surface area (Å²) in [5, 5.41) is 3.83. The van der Waals surface area contributed by atoms with Gasteiger partial charge >= 0.3 is 0 Å². The van der Waals surface area contributed by atoms with Crippen molar-refractivity contribution in [3.05, 3.63) is 35.5 Å². The number of aryl methyl sites for hydroxylation is 1. The molecule has 0 atom stereocenters. The number of nitrogens with zero attached hydrogens (tertiary/aromatic N) is 2. The third kappa shape index (κ3) is 3.24. The molecule has 4 nitrogen and oxygen atoms in total. The van der Waals surface area contributed by atoms with Crippen LogP contribution in [0.5, 0.6) is 0 Å². The monoisotopic (exact) mass is 262 g/mol. The van der Waals surface area contributed by atoms with Crippen molar-refractivity contribution in [3.8, 4) is 11.4 Å². The number of Topliss-reactive ketones (excluding diaryl/α,β-unsaturated/α-hetero) is 1. The number of carbonyl (C=O) groups excluding carboxylic acids is 1. The van der Waals surface area contributed by atoms with Crippen LogP contribution in [0.1, 0.15) is 31.2 Å². The van der Waals surface area contributed by atoms with Gasteiger partial charge in [-0.25, -0.2) is 4.39 Å². The predicted molar refractivity (Wildman–Crippen MR) is 68.0 cm³/mol. The molecule has 1 heterocycles. The third-order valence-corrected chi connectivity index (χ3v) is 2.77. The van der Waals surface area contributed by atoms with Crippen LogP contribution in [0.25, 0.3) is 11.4 Å². The summed E-state index contributed by atoms with van der Waals surface area (Å²) in [5.74, 6) is 0.464. The van der Waals surface area contributed by atoms with Crippen molar-refractivity contribution in [2.75, 3.05) is 0 Å². The van der Waals surface area contributed by atoms with E-state index in [1.807, 2.05) is 6.92 Å². The summed E-state index contributed by atoms with van der Waals surface area (Å²) < 4.78 is 18.1. The number of aromatic nitrogens is 2. The lowest BCUT2D eigenvalue weighted by molar-refractivity contribution is -0.118.